The zero-order valence-corrected chi connectivity index (χ0v) is 17.3. The summed E-state index contributed by atoms with van der Waals surface area (Å²) in [5, 5.41) is 2.44. The number of rotatable bonds is 9. The molecule has 0 bridgehead atoms. The van der Waals surface area contributed by atoms with Crippen molar-refractivity contribution in [2.75, 3.05) is 19.5 Å². The molecule has 0 aromatic carbocycles. The van der Waals surface area contributed by atoms with Gasteiger partial charge in [-0.25, -0.2) is 9.59 Å². The third-order valence-electron chi connectivity index (χ3n) is 3.31. The number of esters is 2. The summed E-state index contributed by atoms with van der Waals surface area (Å²) in [5.74, 6) is -1.38. The third kappa shape index (κ3) is 8.07. The second-order valence-corrected chi connectivity index (χ2v) is 8.18. The molecule has 0 radical (unpaired) electrons. The van der Waals surface area contributed by atoms with Crippen LogP contribution in [0.4, 0.5) is 4.79 Å². The number of carbonyl (C=O) groups excluding carboxylic acids is 4. The highest BCUT2D eigenvalue weighted by atomic mass is 32.2. The van der Waals surface area contributed by atoms with E-state index in [1.54, 1.807) is 27.7 Å². The summed E-state index contributed by atoms with van der Waals surface area (Å²) in [6.07, 6.45) is -0.601. The van der Waals surface area contributed by atoms with Crippen LogP contribution in [0.2, 0.25) is 0 Å². The van der Waals surface area contributed by atoms with Gasteiger partial charge in [-0.2, -0.15) is 0 Å². The van der Waals surface area contributed by atoms with Crippen LogP contribution < -0.4 is 5.32 Å². The Bertz CT molecular complexity index is 530. The second-order valence-electron chi connectivity index (χ2n) is 6.67. The molecule has 0 aliphatic heterocycles. The molecule has 1 N–H and O–H groups in total. The van der Waals surface area contributed by atoms with Gasteiger partial charge in [0.15, 0.2) is 10.5 Å². The van der Waals surface area contributed by atoms with Crippen LogP contribution >= 0.6 is 11.8 Å². The Morgan fingerprint density at radius 3 is 2.12 bits per heavy atom. The molecule has 26 heavy (non-hydrogen) atoms. The van der Waals surface area contributed by atoms with Crippen LogP contribution in [-0.2, 0) is 28.6 Å². The van der Waals surface area contributed by atoms with Gasteiger partial charge in [-0.05, 0) is 53.7 Å². The van der Waals surface area contributed by atoms with Crippen LogP contribution in [0.15, 0.2) is 0 Å². The fourth-order valence-corrected chi connectivity index (χ4v) is 2.94. The van der Waals surface area contributed by atoms with Crippen molar-refractivity contribution in [2.24, 2.45) is 0 Å². The number of Topliss-reactive ketones (excluding diaryl/α,β-unsaturated/α-hetero) is 1. The Kier molecular flexibility index (Phi) is 9.69. The lowest BCUT2D eigenvalue weighted by Crippen LogP contribution is -2.45. The lowest BCUT2D eigenvalue weighted by molar-refractivity contribution is -0.148. The van der Waals surface area contributed by atoms with Gasteiger partial charge in [0.2, 0.25) is 0 Å². The summed E-state index contributed by atoms with van der Waals surface area (Å²) in [7, 11) is 1.21. The highest BCUT2D eigenvalue weighted by Crippen LogP contribution is 2.29. The minimum atomic E-state index is -1.37. The molecule has 0 spiro atoms. The third-order valence-corrected chi connectivity index (χ3v) is 4.78. The van der Waals surface area contributed by atoms with Crippen molar-refractivity contribution < 1.29 is 33.4 Å². The first kappa shape index (κ1) is 24.2. The summed E-state index contributed by atoms with van der Waals surface area (Å²) in [6, 6.07) is -0.958. The van der Waals surface area contributed by atoms with Crippen LogP contribution in [0, 0.1) is 0 Å². The van der Waals surface area contributed by atoms with Crippen LogP contribution in [0.5, 0.6) is 0 Å². The SMILES string of the molecule is CCOC(=O)[C@@](C)(SCC[C@H](NC(=O)OC(C)(C)C)C(=O)OC)C(C)=O. The molecule has 0 aliphatic carbocycles. The van der Waals surface area contributed by atoms with Crippen molar-refractivity contribution in [3.63, 3.8) is 0 Å². The molecular formula is C17H29NO7S. The number of thioether (sulfide) groups is 1. The molecule has 0 rings (SSSR count). The van der Waals surface area contributed by atoms with Gasteiger partial charge in [0.25, 0.3) is 0 Å². The number of amides is 1. The molecule has 0 saturated carbocycles. The minimum Gasteiger partial charge on any atom is -0.467 e. The predicted octanol–water partition coefficient (Wildman–Crippen LogP) is 2.09. The number of nitrogens with one attached hydrogen (secondary N) is 1. The molecule has 0 saturated heterocycles. The number of carbonyl (C=O) groups is 4. The standard InChI is InChI=1S/C17H29NO7S/c1-8-24-14(21)17(6,11(2)19)26-10-9-12(13(20)23-7)18-15(22)25-16(3,4)5/h12H,8-10H2,1-7H3,(H,18,22)/t12-,17-/m0/s1. The van der Waals surface area contributed by atoms with Gasteiger partial charge in [-0.15, -0.1) is 11.8 Å². The van der Waals surface area contributed by atoms with E-state index in [-0.39, 0.29) is 24.6 Å². The topological polar surface area (TPSA) is 108 Å². The summed E-state index contributed by atoms with van der Waals surface area (Å²) in [5.41, 5.74) is -0.712. The zero-order valence-electron chi connectivity index (χ0n) is 16.5. The van der Waals surface area contributed by atoms with Gasteiger partial charge >= 0.3 is 18.0 Å². The van der Waals surface area contributed by atoms with Crippen molar-refractivity contribution in [1.29, 1.82) is 0 Å². The average Bonchev–Trinajstić information content (AvgIpc) is 2.51. The first-order chi connectivity index (χ1) is 11.9. The molecule has 0 fully saturated rings. The van der Waals surface area contributed by atoms with Gasteiger partial charge < -0.3 is 19.5 Å². The normalized spacial score (nSPS) is 14.6. The van der Waals surface area contributed by atoms with E-state index in [0.717, 1.165) is 11.8 Å². The second kappa shape index (κ2) is 10.4. The maximum atomic E-state index is 12.1. The summed E-state index contributed by atoms with van der Waals surface area (Å²) < 4.78 is 13.4. The lowest BCUT2D eigenvalue weighted by atomic mass is 10.1. The van der Waals surface area contributed by atoms with Crippen molar-refractivity contribution >= 4 is 35.6 Å². The summed E-state index contributed by atoms with van der Waals surface area (Å²) >= 11 is 1.05. The average molecular weight is 391 g/mol. The van der Waals surface area contributed by atoms with Gasteiger partial charge in [0.05, 0.1) is 13.7 Å². The molecule has 9 heteroatoms. The first-order valence-corrected chi connectivity index (χ1v) is 9.25. The fraction of sp³-hybridized carbons (Fsp3) is 0.765. The molecule has 0 aromatic rings. The summed E-state index contributed by atoms with van der Waals surface area (Å²) in [6.45, 7) is 9.70. The number of methoxy groups -OCH3 is 1. The van der Waals surface area contributed by atoms with Crippen molar-refractivity contribution in [1.82, 2.24) is 5.32 Å². The Hall–Kier alpha value is -1.77. The minimum absolute atomic E-state index is 0.152. The molecular weight excluding hydrogens is 362 g/mol. The quantitative estimate of drug-likeness (QED) is 0.362. The predicted molar refractivity (Wildman–Crippen MR) is 98.0 cm³/mol. The fourth-order valence-electron chi connectivity index (χ4n) is 1.80. The molecule has 0 unspecified atom stereocenters. The maximum absolute atomic E-state index is 12.1. The van der Waals surface area contributed by atoms with Crippen LogP contribution in [0.25, 0.3) is 0 Å². The van der Waals surface area contributed by atoms with Crippen molar-refractivity contribution in [3.05, 3.63) is 0 Å². The Balaban J connectivity index is 4.93. The van der Waals surface area contributed by atoms with E-state index >= 15 is 0 Å². The number of ether oxygens (including phenoxy) is 3. The van der Waals surface area contributed by atoms with E-state index in [0.29, 0.717) is 0 Å². The lowest BCUT2D eigenvalue weighted by Gasteiger charge is -2.25. The summed E-state index contributed by atoms with van der Waals surface area (Å²) in [4.78, 5) is 47.7. The number of alkyl carbamates (subject to hydrolysis) is 1. The van der Waals surface area contributed by atoms with Gasteiger partial charge in [-0.3, -0.25) is 9.59 Å². The van der Waals surface area contributed by atoms with Gasteiger partial charge in [0, 0.05) is 0 Å². The van der Waals surface area contributed by atoms with E-state index in [1.807, 2.05) is 0 Å². The molecule has 0 aliphatic rings. The highest BCUT2D eigenvalue weighted by Gasteiger charge is 2.40. The Morgan fingerprint density at radius 1 is 1.12 bits per heavy atom. The largest absolute Gasteiger partial charge is 0.467 e. The van der Waals surface area contributed by atoms with E-state index < -0.39 is 34.4 Å². The van der Waals surface area contributed by atoms with Crippen LogP contribution in [-0.4, -0.2) is 59.7 Å². The number of ketones is 1. The molecule has 8 nitrogen and oxygen atoms in total. The smallest absolute Gasteiger partial charge is 0.408 e. The molecule has 2 atom stereocenters. The van der Waals surface area contributed by atoms with Gasteiger partial charge in [-0.1, -0.05) is 0 Å². The first-order valence-electron chi connectivity index (χ1n) is 8.27. The van der Waals surface area contributed by atoms with Crippen molar-refractivity contribution in [3.8, 4) is 0 Å². The van der Waals surface area contributed by atoms with Crippen LogP contribution in [0.1, 0.15) is 48.0 Å². The molecule has 1 amide bonds. The molecule has 0 aromatic heterocycles. The van der Waals surface area contributed by atoms with E-state index in [4.69, 9.17) is 9.47 Å². The number of hydrogen-bond acceptors (Lipinski definition) is 8. The Morgan fingerprint density at radius 2 is 1.69 bits per heavy atom. The van der Waals surface area contributed by atoms with Crippen molar-refractivity contribution in [2.45, 2.75) is 64.4 Å². The van der Waals surface area contributed by atoms with Gasteiger partial charge in [0.1, 0.15) is 11.6 Å². The maximum Gasteiger partial charge on any atom is 0.408 e. The highest BCUT2D eigenvalue weighted by molar-refractivity contribution is 8.02. The molecule has 0 heterocycles. The zero-order chi connectivity index (χ0) is 20.5. The molecule has 150 valence electrons. The van der Waals surface area contributed by atoms with E-state index in [1.165, 1.54) is 21.0 Å². The Labute approximate surface area is 158 Å². The van der Waals surface area contributed by atoms with Crippen LogP contribution in [0.3, 0.4) is 0 Å². The number of hydrogen-bond donors (Lipinski definition) is 1. The van der Waals surface area contributed by atoms with E-state index in [2.05, 4.69) is 10.1 Å². The monoisotopic (exact) mass is 391 g/mol. The van der Waals surface area contributed by atoms with E-state index in [9.17, 15) is 19.2 Å².